The molecule has 2 aromatic rings. The highest BCUT2D eigenvalue weighted by Gasteiger charge is 2.33. The summed E-state index contributed by atoms with van der Waals surface area (Å²) in [7, 11) is 1.54. The van der Waals surface area contributed by atoms with E-state index in [1.807, 2.05) is 0 Å². The van der Waals surface area contributed by atoms with Gasteiger partial charge < -0.3 is 14.8 Å². The average Bonchev–Trinajstić information content (AvgIpc) is 3.00. The zero-order valence-electron chi connectivity index (χ0n) is 12.8. The number of carbonyl (C=O) groups excluding carboxylic acids is 1. The Kier molecular flexibility index (Phi) is 5.67. The van der Waals surface area contributed by atoms with Gasteiger partial charge in [-0.2, -0.15) is 18.3 Å². The third kappa shape index (κ3) is 5.18. The van der Waals surface area contributed by atoms with Crippen LogP contribution in [0.15, 0.2) is 36.5 Å². The number of alkyl halides is 3. The molecule has 0 aliphatic heterocycles. The van der Waals surface area contributed by atoms with Gasteiger partial charge in [-0.3, -0.25) is 9.48 Å². The molecule has 0 radical (unpaired) electrons. The molecule has 130 valence electrons. The maximum atomic E-state index is 12.4. The summed E-state index contributed by atoms with van der Waals surface area (Å²) < 4.78 is 48.6. The maximum absolute atomic E-state index is 12.4. The molecular weight excluding hydrogens is 327 g/mol. The van der Waals surface area contributed by atoms with Crippen LogP contribution in [0.25, 0.3) is 0 Å². The lowest BCUT2D eigenvalue weighted by Crippen LogP contribution is -2.31. The molecule has 0 atom stereocenters. The number of nitrogens with zero attached hydrogens (tertiary/aromatic N) is 2. The van der Waals surface area contributed by atoms with Crippen molar-refractivity contribution in [2.75, 3.05) is 20.3 Å². The number of hydrogen-bond acceptors (Lipinski definition) is 4. The van der Waals surface area contributed by atoms with E-state index >= 15 is 0 Å². The summed E-state index contributed by atoms with van der Waals surface area (Å²) in [5.74, 6) is 0.780. The Labute approximate surface area is 136 Å². The molecular formula is C15H16F3N3O3. The highest BCUT2D eigenvalue weighted by molar-refractivity contribution is 5.75. The number of methoxy groups -OCH3 is 1. The van der Waals surface area contributed by atoms with Crippen LogP contribution in [-0.4, -0.2) is 35.9 Å². The highest BCUT2D eigenvalue weighted by Crippen LogP contribution is 2.27. The van der Waals surface area contributed by atoms with Crippen molar-refractivity contribution in [2.24, 2.45) is 0 Å². The summed E-state index contributed by atoms with van der Waals surface area (Å²) >= 11 is 0. The third-order valence-electron chi connectivity index (χ3n) is 2.97. The van der Waals surface area contributed by atoms with Crippen LogP contribution < -0.4 is 14.8 Å². The minimum atomic E-state index is -4.52. The fraction of sp³-hybridized carbons (Fsp3) is 0.333. The second kappa shape index (κ2) is 7.71. The van der Waals surface area contributed by atoms with Crippen LogP contribution in [0.5, 0.6) is 11.5 Å². The van der Waals surface area contributed by atoms with Gasteiger partial charge in [0.15, 0.2) is 5.69 Å². The number of halogens is 3. The van der Waals surface area contributed by atoms with Gasteiger partial charge in [0, 0.05) is 12.3 Å². The molecule has 0 unspecified atom stereocenters. The van der Waals surface area contributed by atoms with Crippen molar-refractivity contribution in [3.63, 3.8) is 0 Å². The van der Waals surface area contributed by atoms with E-state index in [0.29, 0.717) is 11.5 Å². The predicted octanol–water partition coefficient (Wildman–Crippen LogP) is 2.11. The fourth-order valence-electron chi connectivity index (χ4n) is 1.85. The molecule has 1 amide bonds. The molecule has 0 spiro atoms. The average molecular weight is 343 g/mol. The zero-order valence-corrected chi connectivity index (χ0v) is 12.8. The molecule has 2 rings (SSSR count). The molecule has 0 fully saturated rings. The van der Waals surface area contributed by atoms with Gasteiger partial charge in [0.1, 0.15) is 24.7 Å². The van der Waals surface area contributed by atoms with Crippen LogP contribution in [0.2, 0.25) is 0 Å². The monoisotopic (exact) mass is 343 g/mol. The Hall–Kier alpha value is -2.71. The first-order valence-electron chi connectivity index (χ1n) is 7.02. The fourth-order valence-corrected chi connectivity index (χ4v) is 1.85. The van der Waals surface area contributed by atoms with Crippen molar-refractivity contribution in [1.29, 1.82) is 0 Å². The van der Waals surface area contributed by atoms with Crippen LogP contribution in [-0.2, 0) is 17.5 Å². The minimum Gasteiger partial charge on any atom is -0.497 e. The van der Waals surface area contributed by atoms with Gasteiger partial charge in [0.2, 0.25) is 5.91 Å². The predicted molar refractivity (Wildman–Crippen MR) is 78.7 cm³/mol. The van der Waals surface area contributed by atoms with Gasteiger partial charge in [-0.15, -0.1) is 0 Å². The molecule has 0 saturated heterocycles. The molecule has 6 nitrogen and oxygen atoms in total. The Balaban J connectivity index is 1.72. The van der Waals surface area contributed by atoms with E-state index in [2.05, 4.69) is 10.4 Å². The van der Waals surface area contributed by atoms with E-state index in [-0.39, 0.29) is 19.7 Å². The molecule has 0 bridgehead atoms. The SMILES string of the molecule is COc1cccc(OCCNC(=O)Cn2ccc(C(F)(F)F)n2)c1. The van der Waals surface area contributed by atoms with Crippen molar-refractivity contribution >= 4 is 5.91 Å². The number of rotatable bonds is 7. The van der Waals surface area contributed by atoms with Crippen molar-refractivity contribution in [1.82, 2.24) is 15.1 Å². The lowest BCUT2D eigenvalue weighted by molar-refractivity contribution is -0.141. The van der Waals surface area contributed by atoms with Crippen LogP contribution in [0.4, 0.5) is 13.2 Å². The van der Waals surface area contributed by atoms with Crippen molar-refractivity contribution in [2.45, 2.75) is 12.7 Å². The minimum absolute atomic E-state index is 0.212. The first-order valence-corrected chi connectivity index (χ1v) is 7.02. The molecule has 1 aromatic carbocycles. The summed E-state index contributed by atoms with van der Waals surface area (Å²) in [6.07, 6.45) is -3.42. The van der Waals surface area contributed by atoms with Gasteiger partial charge in [-0.1, -0.05) is 6.07 Å². The van der Waals surface area contributed by atoms with Gasteiger partial charge >= 0.3 is 6.18 Å². The lowest BCUT2D eigenvalue weighted by Gasteiger charge is -2.09. The molecule has 1 heterocycles. The summed E-state index contributed by atoms with van der Waals surface area (Å²) in [4.78, 5) is 11.7. The molecule has 9 heteroatoms. The summed E-state index contributed by atoms with van der Waals surface area (Å²) in [5.41, 5.74) is -1.03. The molecule has 0 aliphatic carbocycles. The van der Waals surface area contributed by atoms with E-state index in [0.717, 1.165) is 16.9 Å². The molecule has 1 N–H and O–H groups in total. The maximum Gasteiger partial charge on any atom is 0.435 e. The standard InChI is InChI=1S/C15H16F3N3O3/c1-23-11-3-2-4-12(9-11)24-8-6-19-14(22)10-21-7-5-13(20-21)15(16,17)18/h2-5,7,9H,6,8,10H2,1H3,(H,19,22). The Bertz CT molecular complexity index is 686. The number of benzene rings is 1. The van der Waals surface area contributed by atoms with Crippen LogP contribution in [0, 0.1) is 0 Å². The van der Waals surface area contributed by atoms with Gasteiger partial charge in [0.25, 0.3) is 0 Å². The summed E-state index contributed by atoms with van der Waals surface area (Å²) in [6, 6.07) is 7.80. The first-order chi connectivity index (χ1) is 11.4. The van der Waals surface area contributed by atoms with E-state index in [1.165, 1.54) is 0 Å². The van der Waals surface area contributed by atoms with Crippen LogP contribution in [0.1, 0.15) is 5.69 Å². The largest absolute Gasteiger partial charge is 0.497 e. The number of carbonyl (C=O) groups is 1. The Morgan fingerprint density at radius 3 is 2.71 bits per heavy atom. The Morgan fingerprint density at radius 1 is 1.29 bits per heavy atom. The van der Waals surface area contributed by atoms with Crippen molar-refractivity contribution in [3.05, 3.63) is 42.2 Å². The number of ether oxygens (including phenoxy) is 2. The van der Waals surface area contributed by atoms with E-state index < -0.39 is 17.8 Å². The normalized spacial score (nSPS) is 11.2. The highest BCUT2D eigenvalue weighted by atomic mass is 19.4. The van der Waals surface area contributed by atoms with Crippen molar-refractivity contribution in [3.8, 4) is 11.5 Å². The van der Waals surface area contributed by atoms with E-state index in [4.69, 9.17) is 9.47 Å². The van der Waals surface area contributed by atoms with E-state index in [1.54, 1.807) is 31.4 Å². The first kappa shape index (κ1) is 17.6. The zero-order chi connectivity index (χ0) is 17.6. The molecule has 24 heavy (non-hydrogen) atoms. The molecule has 1 aromatic heterocycles. The number of amides is 1. The second-order valence-corrected chi connectivity index (χ2v) is 4.77. The molecule has 0 saturated carbocycles. The third-order valence-corrected chi connectivity index (χ3v) is 2.97. The van der Waals surface area contributed by atoms with Gasteiger partial charge in [0.05, 0.1) is 13.7 Å². The quantitative estimate of drug-likeness (QED) is 0.782. The number of hydrogen-bond donors (Lipinski definition) is 1. The summed E-state index contributed by atoms with van der Waals surface area (Å²) in [6.45, 7) is 0.129. The van der Waals surface area contributed by atoms with Crippen molar-refractivity contribution < 1.29 is 27.4 Å². The topological polar surface area (TPSA) is 65.4 Å². The lowest BCUT2D eigenvalue weighted by atomic mass is 10.3. The van der Waals surface area contributed by atoms with Crippen LogP contribution >= 0.6 is 0 Å². The van der Waals surface area contributed by atoms with E-state index in [9.17, 15) is 18.0 Å². The smallest absolute Gasteiger partial charge is 0.435 e. The Morgan fingerprint density at radius 2 is 2.04 bits per heavy atom. The second-order valence-electron chi connectivity index (χ2n) is 4.77. The molecule has 0 aliphatic rings. The van der Waals surface area contributed by atoms with Gasteiger partial charge in [-0.25, -0.2) is 0 Å². The van der Waals surface area contributed by atoms with Crippen LogP contribution in [0.3, 0.4) is 0 Å². The van der Waals surface area contributed by atoms with Gasteiger partial charge in [-0.05, 0) is 18.2 Å². The number of nitrogens with one attached hydrogen (secondary N) is 1. The number of aromatic nitrogens is 2. The summed E-state index contributed by atoms with van der Waals surface area (Å²) in [5, 5.41) is 5.84.